The standard InChI is InChI=1S/C15H13N3O5/c19-13-8-4-2-6-11(13)15(21)17-16-14(20)9-10-5-1-3-7-12(10)18(22)23/h1-8,19H,9H2,(H,16,20)(H,17,21). The largest absolute Gasteiger partial charge is 0.507 e. The number of hydrogen-bond acceptors (Lipinski definition) is 5. The fourth-order valence-corrected chi connectivity index (χ4v) is 1.92. The molecule has 8 nitrogen and oxygen atoms in total. The molecule has 2 amide bonds. The molecule has 0 bridgehead atoms. The first-order chi connectivity index (χ1) is 11.0. The van der Waals surface area contributed by atoms with E-state index < -0.39 is 16.7 Å². The van der Waals surface area contributed by atoms with Gasteiger partial charge in [-0.3, -0.25) is 30.6 Å². The van der Waals surface area contributed by atoms with Crippen LogP contribution in [0.25, 0.3) is 0 Å². The van der Waals surface area contributed by atoms with Crippen molar-refractivity contribution in [2.45, 2.75) is 6.42 Å². The van der Waals surface area contributed by atoms with Gasteiger partial charge in [0.05, 0.1) is 16.9 Å². The number of nitro benzene ring substituents is 1. The first-order valence-corrected chi connectivity index (χ1v) is 6.58. The average molecular weight is 315 g/mol. The molecule has 0 fully saturated rings. The van der Waals surface area contributed by atoms with Gasteiger partial charge in [0, 0.05) is 11.6 Å². The number of carbonyl (C=O) groups excluding carboxylic acids is 2. The lowest BCUT2D eigenvalue weighted by Gasteiger charge is -2.08. The molecule has 0 aliphatic rings. The van der Waals surface area contributed by atoms with E-state index in [0.29, 0.717) is 0 Å². The number of aromatic hydroxyl groups is 1. The van der Waals surface area contributed by atoms with Crippen LogP contribution >= 0.6 is 0 Å². The van der Waals surface area contributed by atoms with Crippen LogP contribution < -0.4 is 10.9 Å². The number of benzene rings is 2. The van der Waals surface area contributed by atoms with Gasteiger partial charge in [-0.05, 0) is 12.1 Å². The molecule has 0 spiro atoms. The third-order valence-electron chi connectivity index (χ3n) is 3.00. The van der Waals surface area contributed by atoms with Crippen LogP contribution in [-0.2, 0) is 11.2 Å². The molecule has 0 aromatic heterocycles. The van der Waals surface area contributed by atoms with Crippen LogP contribution in [0.4, 0.5) is 5.69 Å². The lowest BCUT2D eigenvalue weighted by atomic mass is 10.1. The smallest absolute Gasteiger partial charge is 0.273 e. The highest BCUT2D eigenvalue weighted by Crippen LogP contribution is 2.18. The van der Waals surface area contributed by atoms with Gasteiger partial charge in [0.1, 0.15) is 5.75 Å². The number of hydrazine groups is 1. The summed E-state index contributed by atoms with van der Waals surface area (Å²) in [6, 6.07) is 11.7. The van der Waals surface area contributed by atoms with Crippen LogP contribution in [-0.4, -0.2) is 21.8 Å². The number of nitro groups is 1. The molecule has 0 unspecified atom stereocenters. The van der Waals surface area contributed by atoms with Crippen molar-refractivity contribution in [2.75, 3.05) is 0 Å². The summed E-state index contributed by atoms with van der Waals surface area (Å²) in [5.41, 5.74) is 4.35. The number of para-hydroxylation sites is 2. The van der Waals surface area contributed by atoms with Gasteiger partial charge in [0.15, 0.2) is 0 Å². The minimum absolute atomic E-state index is 0.00140. The van der Waals surface area contributed by atoms with Crippen molar-refractivity contribution in [3.63, 3.8) is 0 Å². The lowest BCUT2D eigenvalue weighted by molar-refractivity contribution is -0.385. The van der Waals surface area contributed by atoms with Crippen molar-refractivity contribution >= 4 is 17.5 Å². The molecule has 3 N–H and O–H groups in total. The maximum absolute atomic E-state index is 11.8. The summed E-state index contributed by atoms with van der Waals surface area (Å²) in [6.07, 6.45) is -0.266. The molecule has 2 aromatic carbocycles. The van der Waals surface area contributed by atoms with E-state index in [1.807, 2.05) is 0 Å². The van der Waals surface area contributed by atoms with Crippen molar-refractivity contribution in [1.82, 2.24) is 10.9 Å². The Kier molecular flexibility index (Phi) is 4.88. The van der Waals surface area contributed by atoms with E-state index in [1.54, 1.807) is 18.2 Å². The van der Waals surface area contributed by atoms with Gasteiger partial charge in [0.2, 0.25) is 5.91 Å². The zero-order valence-corrected chi connectivity index (χ0v) is 11.9. The Balaban J connectivity index is 1.97. The van der Waals surface area contributed by atoms with Crippen LogP contribution in [0.15, 0.2) is 48.5 Å². The Morgan fingerprint density at radius 1 is 1.04 bits per heavy atom. The van der Waals surface area contributed by atoms with Gasteiger partial charge in [-0.15, -0.1) is 0 Å². The maximum atomic E-state index is 11.8. The number of nitrogens with zero attached hydrogens (tertiary/aromatic N) is 1. The summed E-state index contributed by atoms with van der Waals surface area (Å²) in [4.78, 5) is 33.9. The van der Waals surface area contributed by atoms with E-state index in [-0.39, 0.29) is 29.0 Å². The van der Waals surface area contributed by atoms with Crippen LogP contribution in [0, 0.1) is 10.1 Å². The number of phenols is 1. The number of phenolic OH excluding ortho intramolecular Hbond substituents is 1. The molecule has 2 aromatic rings. The van der Waals surface area contributed by atoms with E-state index in [9.17, 15) is 24.8 Å². The molecule has 118 valence electrons. The van der Waals surface area contributed by atoms with E-state index in [0.717, 1.165) is 0 Å². The highest BCUT2D eigenvalue weighted by molar-refractivity contribution is 5.97. The molecule has 0 atom stereocenters. The average Bonchev–Trinajstić information content (AvgIpc) is 2.53. The molecular weight excluding hydrogens is 302 g/mol. The molecule has 0 heterocycles. The van der Waals surface area contributed by atoms with Gasteiger partial charge < -0.3 is 5.11 Å². The van der Waals surface area contributed by atoms with Crippen molar-refractivity contribution < 1.29 is 19.6 Å². The number of nitrogens with one attached hydrogen (secondary N) is 2. The molecule has 2 rings (SSSR count). The summed E-state index contributed by atoms with van der Waals surface area (Å²) in [7, 11) is 0. The normalized spacial score (nSPS) is 9.91. The first-order valence-electron chi connectivity index (χ1n) is 6.58. The molecule has 0 saturated heterocycles. The van der Waals surface area contributed by atoms with Crippen LogP contribution in [0.3, 0.4) is 0 Å². The molecule has 0 saturated carbocycles. The fourth-order valence-electron chi connectivity index (χ4n) is 1.92. The fraction of sp³-hybridized carbons (Fsp3) is 0.0667. The van der Waals surface area contributed by atoms with Gasteiger partial charge in [-0.25, -0.2) is 0 Å². The molecule has 0 aliphatic heterocycles. The number of rotatable bonds is 4. The highest BCUT2D eigenvalue weighted by Gasteiger charge is 2.16. The zero-order chi connectivity index (χ0) is 16.8. The van der Waals surface area contributed by atoms with Crippen LogP contribution in [0.5, 0.6) is 5.75 Å². The lowest BCUT2D eigenvalue weighted by Crippen LogP contribution is -2.42. The van der Waals surface area contributed by atoms with Gasteiger partial charge in [-0.2, -0.15) is 0 Å². The second kappa shape index (κ2) is 7.03. The van der Waals surface area contributed by atoms with Crippen molar-refractivity contribution in [1.29, 1.82) is 0 Å². The Morgan fingerprint density at radius 3 is 2.39 bits per heavy atom. The predicted molar refractivity (Wildman–Crippen MR) is 80.5 cm³/mol. The van der Waals surface area contributed by atoms with Gasteiger partial charge in [-0.1, -0.05) is 30.3 Å². The quantitative estimate of drug-likeness (QED) is 0.580. The molecule has 23 heavy (non-hydrogen) atoms. The predicted octanol–water partition coefficient (Wildman–Crippen LogP) is 1.30. The SMILES string of the molecule is O=C(Cc1ccccc1[N+](=O)[O-])NNC(=O)c1ccccc1O. The van der Waals surface area contributed by atoms with Gasteiger partial charge in [0.25, 0.3) is 11.6 Å². The Bertz CT molecular complexity index is 760. The second-order valence-corrected chi connectivity index (χ2v) is 4.58. The monoisotopic (exact) mass is 315 g/mol. The highest BCUT2D eigenvalue weighted by atomic mass is 16.6. The van der Waals surface area contributed by atoms with Crippen LogP contribution in [0.1, 0.15) is 15.9 Å². The zero-order valence-electron chi connectivity index (χ0n) is 11.9. The van der Waals surface area contributed by atoms with Crippen molar-refractivity contribution in [3.8, 4) is 5.75 Å². The summed E-state index contributed by atoms with van der Waals surface area (Å²) < 4.78 is 0. The summed E-state index contributed by atoms with van der Waals surface area (Å²) in [6.45, 7) is 0. The number of carbonyl (C=O) groups is 2. The Hall–Kier alpha value is -3.42. The molecule has 8 heteroatoms. The maximum Gasteiger partial charge on any atom is 0.273 e. The molecular formula is C15H13N3O5. The van der Waals surface area contributed by atoms with E-state index in [4.69, 9.17) is 0 Å². The summed E-state index contributed by atoms with van der Waals surface area (Å²) >= 11 is 0. The second-order valence-electron chi connectivity index (χ2n) is 4.58. The third kappa shape index (κ3) is 4.03. The van der Waals surface area contributed by atoms with E-state index >= 15 is 0 Å². The minimum atomic E-state index is -0.695. The van der Waals surface area contributed by atoms with Crippen LogP contribution in [0.2, 0.25) is 0 Å². The van der Waals surface area contributed by atoms with Gasteiger partial charge >= 0.3 is 0 Å². The number of amides is 2. The van der Waals surface area contributed by atoms with E-state index in [1.165, 1.54) is 30.3 Å². The van der Waals surface area contributed by atoms with E-state index in [2.05, 4.69) is 10.9 Å². The molecule has 0 radical (unpaired) electrons. The number of hydrogen-bond donors (Lipinski definition) is 3. The van der Waals surface area contributed by atoms with Crippen molar-refractivity contribution in [2.24, 2.45) is 0 Å². The van der Waals surface area contributed by atoms with Crippen molar-refractivity contribution in [3.05, 3.63) is 69.8 Å². The minimum Gasteiger partial charge on any atom is -0.507 e. The summed E-state index contributed by atoms with van der Waals surface area (Å²) in [5, 5.41) is 20.4. The molecule has 0 aliphatic carbocycles. The Morgan fingerprint density at radius 2 is 1.70 bits per heavy atom. The first kappa shape index (κ1) is 16.0. The summed E-state index contributed by atoms with van der Waals surface area (Å²) in [5.74, 6) is -1.54. The topological polar surface area (TPSA) is 122 Å². The Labute approximate surface area is 130 Å². The third-order valence-corrected chi connectivity index (χ3v) is 3.00.